The third-order valence-electron chi connectivity index (χ3n) is 3.76. The van der Waals surface area contributed by atoms with Gasteiger partial charge in [0.2, 0.25) is 0 Å². The molecule has 0 aliphatic carbocycles. The number of hydrogen-bond acceptors (Lipinski definition) is 6. The number of rotatable bonds is 3. The Hall–Kier alpha value is -3.32. The normalized spacial score (nSPS) is 13.0. The first-order valence-electron chi connectivity index (χ1n) is 7.34. The lowest BCUT2D eigenvalue weighted by Gasteiger charge is -2.12. The number of hydrogen-bond donors (Lipinski definition) is 0. The summed E-state index contributed by atoms with van der Waals surface area (Å²) in [6.45, 7) is 0. The minimum Gasteiger partial charge on any atom is -0.324 e. The van der Waals surface area contributed by atoms with Crippen LogP contribution in [0.5, 0.6) is 0 Å². The molecule has 0 spiro atoms. The van der Waals surface area contributed by atoms with Crippen LogP contribution in [0.3, 0.4) is 0 Å². The van der Waals surface area contributed by atoms with Gasteiger partial charge in [0, 0.05) is 10.9 Å². The van der Waals surface area contributed by atoms with E-state index in [0.29, 0.717) is 5.06 Å². The van der Waals surface area contributed by atoms with Gasteiger partial charge in [-0.25, -0.2) is 9.78 Å². The fourth-order valence-electron chi connectivity index (χ4n) is 2.55. The van der Waals surface area contributed by atoms with Crippen molar-refractivity contribution < 1.29 is 19.2 Å². The molecule has 0 bridgehead atoms. The lowest BCUT2D eigenvalue weighted by atomic mass is 10.1. The third-order valence-corrected chi connectivity index (χ3v) is 4.34. The molecule has 1 aliphatic rings. The molecule has 1 aromatic heterocycles. The van der Waals surface area contributed by atoms with Crippen LogP contribution in [0.25, 0.3) is 11.3 Å². The van der Waals surface area contributed by atoms with Gasteiger partial charge in [0.15, 0.2) is 0 Å². The summed E-state index contributed by atoms with van der Waals surface area (Å²) in [4.78, 5) is 46.1. The summed E-state index contributed by atoms with van der Waals surface area (Å²) in [5.41, 5.74) is 3.84. The largest absolute Gasteiger partial charge is 0.363 e. The van der Waals surface area contributed by atoms with Gasteiger partial charge in [0.25, 0.3) is 11.8 Å². The molecule has 2 aromatic carbocycles. The number of thiazole rings is 1. The molecule has 2 heterocycles. The molecule has 1 aliphatic heterocycles. The Morgan fingerprint density at radius 2 is 1.72 bits per heavy atom. The maximum Gasteiger partial charge on any atom is 0.363 e. The van der Waals surface area contributed by atoms with Crippen LogP contribution in [0, 0.1) is 0 Å². The van der Waals surface area contributed by atoms with E-state index in [1.807, 2.05) is 11.4 Å². The zero-order valence-corrected chi connectivity index (χ0v) is 13.5. The summed E-state index contributed by atoms with van der Waals surface area (Å²) in [5, 5.41) is 2.36. The van der Waals surface area contributed by atoms with E-state index < -0.39 is 17.8 Å². The molecule has 0 radical (unpaired) electrons. The Balaban J connectivity index is 1.58. The molecular weight excluding hydrogens is 340 g/mol. The first-order valence-corrected chi connectivity index (χ1v) is 8.28. The van der Waals surface area contributed by atoms with Gasteiger partial charge in [-0.05, 0) is 24.3 Å². The molecule has 4 rings (SSSR count). The van der Waals surface area contributed by atoms with E-state index >= 15 is 0 Å². The van der Waals surface area contributed by atoms with E-state index in [4.69, 9.17) is 4.84 Å². The molecule has 3 aromatic rings. The number of nitrogens with zero attached hydrogens (tertiary/aromatic N) is 2. The van der Waals surface area contributed by atoms with E-state index in [1.165, 1.54) is 23.5 Å². The highest BCUT2D eigenvalue weighted by atomic mass is 32.1. The Morgan fingerprint density at radius 3 is 2.36 bits per heavy atom. The van der Waals surface area contributed by atoms with Gasteiger partial charge in [-0.15, -0.1) is 11.3 Å². The second kappa shape index (κ2) is 5.95. The second-order valence-electron chi connectivity index (χ2n) is 5.28. The fraction of sp³-hybridized carbons (Fsp3) is 0. The molecule has 2 amide bonds. The Labute approximate surface area is 146 Å². The number of aromatic nitrogens is 1. The van der Waals surface area contributed by atoms with Gasteiger partial charge >= 0.3 is 5.97 Å². The molecule has 7 heteroatoms. The monoisotopic (exact) mass is 350 g/mol. The summed E-state index contributed by atoms with van der Waals surface area (Å²) in [5.74, 6) is -2.08. The zero-order valence-electron chi connectivity index (χ0n) is 12.7. The van der Waals surface area contributed by atoms with Crippen LogP contribution in [0.15, 0.2) is 59.4 Å². The molecular formula is C18H10N2O4S. The van der Waals surface area contributed by atoms with Crippen molar-refractivity contribution in [3.63, 3.8) is 0 Å². The van der Waals surface area contributed by atoms with Gasteiger partial charge in [0.1, 0.15) is 0 Å². The fourth-order valence-corrected chi connectivity index (χ4v) is 3.11. The predicted octanol–water partition coefficient (Wildman–Crippen LogP) is 3.18. The van der Waals surface area contributed by atoms with Crippen LogP contribution < -0.4 is 0 Å². The van der Waals surface area contributed by atoms with E-state index in [9.17, 15) is 14.4 Å². The first-order chi connectivity index (χ1) is 12.1. The number of amides is 2. The maximum atomic E-state index is 12.4. The molecule has 0 N–H and O–H groups in total. The Bertz CT molecular complexity index is 963. The summed E-state index contributed by atoms with van der Waals surface area (Å²) in [6.07, 6.45) is 0. The van der Waals surface area contributed by atoms with Gasteiger partial charge in [-0.2, -0.15) is 0 Å². The second-order valence-corrected chi connectivity index (χ2v) is 6.00. The number of carbonyl (C=O) groups is 3. The highest BCUT2D eigenvalue weighted by Gasteiger charge is 2.38. The molecule has 6 nitrogen and oxygen atoms in total. The first kappa shape index (κ1) is 15.2. The number of benzene rings is 2. The summed E-state index contributed by atoms with van der Waals surface area (Å²) < 4.78 is 0. The molecule has 25 heavy (non-hydrogen) atoms. The average Bonchev–Trinajstić information content (AvgIpc) is 3.26. The minimum atomic E-state index is -0.786. The topological polar surface area (TPSA) is 76.6 Å². The van der Waals surface area contributed by atoms with Gasteiger partial charge in [-0.1, -0.05) is 29.3 Å². The van der Waals surface area contributed by atoms with Crippen LogP contribution in [0.4, 0.5) is 0 Å². The van der Waals surface area contributed by atoms with Gasteiger partial charge < -0.3 is 4.84 Å². The highest BCUT2D eigenvalue weighted by molar-refractivity contribution is 7.07. The van der Waals surface area contributed by atoms with Crippen molar-refractivity contribution in [1.82, 2.24) is 10.0 Å². The standard InChI is InChI=1S/C18H10N2O4S/c21-16-13-6-1-2-7-14(13)17(22)20(16)24-18(23)12-5-3-4-11(8-12)15-9-25-10-19-15/h1-10H. The van der Waals surface area contributed by atoms with Crippen LogP contribution in [-0.2, 0) is 4.84 Å². The number of fused-ring (bicyclic) bond motifs is 1. The number of carbonyl (C=O) groups excluding carboxylic acids is 3. The maximum absolute atomic E-state index is 12.4. The van der Waals surface area contributed by atoms with Gasteiger partial charge in [-0.3, -0.25) is 9.59 Å². The Morgan fingerprint density at radius 1 is 1.00 bits per heavy atom. The van der Waals surface area contributed by atoms with Gasteiger partial charge in [0.05, 0.1) is 27.9 Å². The van der Waals surface area contributed by atoms with Crippen molar-refractivity contribution in [2.75, 3.05) is 0 Å². The molecule has 0 saturated heterocycles. The van der Waals surface area contributed by atoms with Crippen LogP contribution in [0.1, 0.15) is 31.1 Å². The molecule has 0 saturated carbocycles. The number of hydroxylamine groups is 2. The summed E-state index contributed by atoms with van der Waals surface area (Å²) >= 11 is 1.44. The molecule has 0 atom stereocenters. The lowest BCUT2D eigenvalue weighted by Crippen LogP contribution is -2.32. The predicted molar refractivity (Wildman–Crippen MR) is 89.9 cm³/mol. The summed E-state index contributed by atoms with van der Waals surface area (Å²) in [6, 6.07) is 13.0. The van der Waals surface area contributed by atoms with Crippen molar-refractivity contribution in [3.05, 3.63) is 76.1 Å². The average molecular weight is 350 g/mol. The molecule has 0 fully saturated rings. The highest BCUT2D eigenvalue weighted by Crippen LogP contribution is 2.24. The van der Waals surface area contributed by atoms with E-state index in [2.05, 4.69) is 4.98 Å². The van der Waals surface area contributed by atoms with E-state index in [-0.39, 0.29) is 16.7 Å². The summed E-state index contributed by atoms with van der Waals surface area (Å²) in [7, 11) is 0. The minimum absolute atomic E-state index is 0.219. The van der Waals surface area contributed by atoms with Crippen LogP contribution >= 0.6 is 11.3 Å². The SMILES string of the molecule is O=C(ON1C(=O)c2ccccc2C1=O)c1cccc(-c2cscn2)c1. The van der Waals surface area contributed by atoms with E-state index in [1.54, 1.807) is 35.8 Å². The van der Waals surface area contributed by atoms with Crippen molar-refractivity contribution in [1.29, 1.82) is 0 Å². The zero-order chi connectivity index (χ0) is 17.4. The van der Waals surface area contributed by atoms with Crippen molar-refractivity contribution in [2.24, 2.45) is 0 Å². The van der Waals surface area contributed by atoms with Crippen molar-refractivity contribution in [2.45, 2.75) is 0 Å². The Kier molecular flexibility index (Phi) is 3.62. The molecule has 122 valence electrons. The van der Waals surface area contributed by atoms with Crippen molar-refractivity contribution in [3.8, 4) is 11.3 Å². The number of imide groups is 1. The lowest BCUT2D eigenvalue weighted by molar-refractivity contribution is -0.0584. The van der Waals surface area contributed by atoms with Crippen molar-refractivity contribution >= 4 is 29.1 Å². The molecule has 0 unspecified atom stereocenters. The quantitative estimate of drug-likeness (QED) is 0.678. The smallest absolute Gasteiger partial charge is 0.324 e. The van der Waals surface area contributed by atoms with E-state index in [0.717, 1.165) is 11.3 Å². The van der Waals surface area contributed by atoms with Crippen LogP contribution in [-0.4, -0.2) is 27.8 Å². The van der Waals surface area contributed by atoms with Crippen LogP contribution in [0.2, 0.25) is 0 Å². The third kappa shape index (κ3) is 2.60.